The number of nitrogens with one attached hydrogen (secondary N) is 1. The quantitative estimate of drug-likeness (QED) is 0.947. The number of carbonyl (C=O) groups excluding carboxylic acids is 1. The van der Waals surface area contributed by atoms with Gasteiger partial charge < -0.3 is 14.6 Å². The third kappa shape index (κ3) is 2.89. The minimum absolute atomic E-state index is 0.0300. The summed E-state index contributed by atoms with van der Waals surface area (Å²) in [5, 5.41) is 1.50. The molecule has 1 fully saturated rings. The third-order valence-electron chi connectivity index (χ3n) is 3.74. The van der Waals surface area contributed by atoms with Crippen LogP contribution in [-0.2, 0) is 16.0 Å². The van der Waals surface area contributed by atoms with Gasteiger partial charge in [-0.25, -0.2) is 4.39 Å². The second kappa shape index (κ2) is 6.03. The van der Waals surface area contributed by atoms with Crippen molar-refractivity contribution in [3.8, 4) is 0 Å². The average Bonchev–Trinajstić information content (AvgIpc) is 2.92. The molecule has 3 rings (SSSR count). The van der Waals surface area contributed by atoms with Crippen molar-refractivity contribution >= 4 is 28.4 Å². The van der Waals surface area contributed by atoms with E-state index >= 15 is 0 Å². The van der Waals surface area contributed by atoms with Crippen LogP contribution < -0.4 is 0 Å². The van der Waals surface area contributed by atoms with E-state index in [1.54, 1.807) is 11.0 Å². The Morgan fingerprint density at radius 2 is 2.38 bits per heavy atom. The summed E-state index contributed by atoms with van der Waals surface area (Å²) in [6, 6.07) is 5.59. The van der Waals surface area contributed by atoms with Crippen LogP contribution in [0.3, 0.4) is 0 Å². The summed E-state index contributed by atoms with van der Waals surface area (Å²) in [6.07, 6.45) is 1.55. The predicted octanol–water partition coefficient (Wildman–Crippen LogP) is 2.56. The molecule has 112 valence electrons. The summed E-state index contributed by atoms with van der Waals surface area (Å²) in [6.45, 7) is 0.633. The molecular weight excluding hydrogens is 295 g/mol. The normalized spacial score (nSPS) is 19.1. The Labute approximate surface area is 126 Å². The van der Waals surface area contributed by atoms with Crippen molar-refractivity contribution in [3.05, 3.63) is 35.0 Å². The maximum absolute atomic E-state index is 12.7. The zero-order valence-corrected chi connectivity index (χ0v) is 12.2. The number of morpholine rings is 1. The Balaban J connectivity index is 1.77. The van der Waals surface area contributed by atoms with Gasteiger partial charge in [0.15, 0.2) is 0 Å². The Morgan fingerprint density at radius 3 is 3.19 bits per heavy atom. The van der Waals surface area contributed by atoms with E-state index in [0.717, 1.165) is 16.5 Å². The molecular formula is C15H16ClFN2O2. The number of ether oxygens (including phenoxy) is 1. The van der Waals surface area contributed by atoms with Gasteiger partial charge in [0.05, 0.1) is 18.1 Å². The first-order valence-corrected chi connectivity index (χ1v) is 7.26. The summed E-state index contributed by atoms with van der Waals surface area (Å²) < 4.78 is 17.9. The van der Waals surface area contributed by atoms with Gasteiger partial charge in [-0.05, 0) is 17.7 Å². The van der Waals surface area contributed by atoms with Crippen LogP contribution in [-0.4, -0.2) is 48.3 Å². The van der Waals surface area contributed by atoms with Crippen LogP contribution in [0.4, 0.5) is 4.39 Å². The summed E-state index contributed by atoms with van der Waals surface area (Å²) in [5.41, 5.74) is 1.78. The average molecular weight is 311 g/mol. The van der Waals surface area contributed by atoms with Crippen molar-refractivity contribution in [2.24, 2.45) is 0 Å². The molecule has 1 N–H and O–H groups in total. The number of amides is 1. The molecule has 21 heavy (non-hydrogen) atoms. The first-order chi connectivity index (χ1) is 10.2. The second-order valence-corrected chi connectivity index (χ2v) is 5.55. The number of nitrogens with zero attached hydrogens (tertiary/aromatic N) is 1. The van der Waals surface area contributed by atoms with E-state index in [4.69, 9.17) is 16.3 Å². The number of benzene rings is 1. The Morgan fingerprint density at radius 1 is 1.52 bits per heavy atom. The highest BCUT2D eigenvalue weighted by atomic mass is 35.5. The largest absolute Gasteiger partial charge is 0.372 e. The van der Waals surface area contributed by atoms with E-state index in [-0.39, 0.29) is 12.3 Å². The van der Waals surface area contributed by atoms with E-state index < -0.39 is 12.8 Å². The molecule has 1 aromatic heterocycles. The molecule has 1 saturated heterocycles. The molecule has 4 nitrogen and oxygen atoms in total. The van der Waals surface area contributed by atoms with E-state index in [1.165, 1.54) is 0 Å². The van der Waals surface area contributed by atoms with Crippen LogP contribution in [0.2, 0.25) is 5.02 Å². The summed E-state index contributed by atoms with van der Waals surface area (Å²) in [7, 11) is 0. The maximum Gasteiger partial charge on any atom is 0.227 e. The number of hydrogen-bond acceptors (Lipinski definition) is 2. The number of H-pyrrole nitrogens is 1. The highest BCUT2D eigenvalue weighted by Crippen LogP contribution is 2.27. The van der Waals surface area contributed by atoms with Crippen molar-refractivity contribution in [3.63, 3.8) is 0 Å². The van der Waals surface area contributed by atoms with Crippen LogP contribution in [0, 0.1) is 0 Å². The van der Waals surface area contributed by atoms with Gasteiger partial charge in [0, 0.05) is 30.2 Å². The van der Waals surface area contributed by atoms with Gasteiger partial charge in [0.25, 0.3) is 0 Å². The number of fused-ring (bicyclic) bond motifs is 1. The number of carbonyl (C=O) groups is 1. The lowest BCUT2D eigenvalue weighted by molar-refractivity contribution is -0.138. The first kappa shape index (κ1) is 14.4. The predicted molar refractivity (Wildman–Crippen MR) is 79.3 cm³/mol. The van der Waals surface area contributed by atoms with Gasteiger partial charge in [0.2, 0.25) is 5.91 Å². The lowest BCUT2D eigenvalue weighted by Gasteiger charge is -2.31. The van der Waals surface area contributed by atoms with Gasteiger partial charge in [-0.1, -0.05) is 17.7 Å². The van der Waals surface area contributed by atoms with Crippen molar-refractivity contribution in [2.75, 3.05) is 26.4 Å². The minimum atomic E-state index is -0.567. The highest BCUT2D eigenvalue weighted by Gasteiger charge is 2.24. The fourth-order valence-electron chi connectivity index (χ4n) is 2.66. The van der Waals surface area contributed by atoms with Crippen molar-refractivity contribution < 1.29 is 13.9 Å². The van der Waals surface area contributed by atoms with Gasteiger partial charge in [-0.3, -0.25) is 4.79 Å². The standard InChI is InChI=1S/C15H16ClFN2O2/c16-12-2-1-3-13-15(12)10(8-18-13)6-14(20)19-4-5-21-11(7-17)9-19/h1-3,8,11,18H,4-7,9H2. The van der Waals surface area contributed by atoms with Crippen LogP contribution in [0.1, 0.15) is 5.56 Å². The monoisotopic (exact) mass is 310 g/mol. The first-order valence-electron chi connectivity index (χ1n) is 6.89. The molecule has 1 atom stereocenters. The summed E-state index contributed by atoms with van der Waals surface area (Å²) in [4.78, 5) is 17.1. The van der Waals surface area contributed by atoms with Gasteiger partial charge >= 0.3 is 0 Å². The molecule has 0 aliphatic carbocycles. The smallest absolute Gasteiger partial charge is 0.227 e. The molecule has 0 spiro atoms. The molecule has 1 aliphatic heterocycles. The van der Waals surface area contributed by atoms with Crippen LogP contribution in [0.15, 0.2) is 24.4 Å². The van der Waals surface area contributed by atoms with Crippen molar-refractivity contribution in [1.29, 1.82) is 0 Å². The highest BCUT2D eigenvalue weighted by molar-refractivity contribution is 6.35. The summed E-state index contributed by atoms with van der Waals surface area (Å²) >= 11 is 6.20. The Bertz CT molecular complexity index is 658. The number of aromatic amines is 1. The zero-order chi connectivity index (χ0) is 14.8. The maximum atomic E-state index is 12.7. The molecule has 1 amide bonds. The van der Waals surface area contributed by atoms with E-state index in [1.807, 2.05) is 18.3 Å². The SMILES string of the molecule is O=C(Cc1c[nH]c2cccc(Cl)c12)N1CCOC(CF)C1. The molecule has 1 unspecified atom stereocenters. The lowest BCUT2D eigenvalue weighted by Crippen LogP contribution is -2.46. The van der Waals surface area contributed by atoms with Crippen molar-refractivity contribution in [1.82, 2.24) is 9.88 Å². The van der Waals surface area contributed by atoms with E-state index in [2.05, 4.69) is 4.98 Å². The van der Waals surface area contributed by atoms with Gasteiger partial charge in [0.1, 0.15) is 12.8 Å². The number of hydrogen-bond donors (Lipinski definition) is 1. The van der Waals surface area contributed by atoms with Gasteiger partial charge in [-0.2, -0.15) is 0 Å². The fourth-order valence-corrected chi connectivity index (χ4v) is 2.96. The Kier molecular flexibility index (Phi) is 4.12. The topological polar surface area (TPSA) is 45.3 Å². The molecule has 6 heteroatoms. The van der Waals surface area contributed by atoms with Crippen LogP contribution >= 0.6 is 11.6 Å². The second-order valence-electron chi connectivity index (χ2n) is 5.14. The van der Waals surface area contributed by atoms with Gasteiger partial charge in [-0.15, -0.1) is 0 Å². The number of rotatable bonds is 3. The molecule has 0 radical (unpaired) electrons. The fraction of sp³-hybridized carbons (Fsp3) is 0.400. The van der Waals surface area contributed by atoms with Crippen LogP contribution in [0.25, 0.3) is 10.9 Å². The lowest BCUT2D eigenvalue weighted by atomic mass is 10.1. The van der Waals surface area contributed by atoms with E-state index in [0.29, 0.717) is 24.7 Å². The number of halogens is 2. The minimum Gasteiger partial charge on any atom is -0.372 e. The van der Waals surface area contributed by atoms with E-state index in [9.17, 15) is 9.18 Å². The molecule has 1 aromatic carbocycles. The van der Waals surface area contributed by atoms with Crippen LogP contribution in [0.5, 0.6) is 0 Å². The molecule has 1 aliphatic rings. The van der Waals surface area contributed by atoms with Crippen molar-refractivity contribution in [2.45, 2.75) is 12.5 Å². The zero-order valence-electron chi connectivity index (χ0n) is 11.4. The molecule has 0 saturated carbocycles. The third-order valence-corrected chi connectivity index (χ3v) is 4.06. The molecule has 2 heterocycles. The molecule has 0 bridgehead atoms. The number of aromatic nitrogens is 1. The number of alkyl halides is 1. The molecule has 2 aromatic rings. The summed E-state index contributed by atoms with van der Waals surface area (Å²) in [5.74, 6) is -0.0300. The Hall–Kier alpha value is -1.59.